The zero-order valence-corrected chi connectivity index (χ0v) is 18.1. The van der Waals surface area contributed by atoms with Gasteiger partial charge in [-0.1, -0.05) is 23.7 Å². The third-order valence-electron chi connectivity index (χ3n) is 4.45. The molecule has 1 heterocycles. The number of furan rings is 1. The van der Waals surface area contributed by atoms with E-state index in [0.29, 0.717) is 22.2 Å². The summed E-state index contributed by atoms with van der Waals surface area (Å²) in [7, 11) is 0. The number of carbonyl (C=O) groups excluding carboxylic acids is 2. The van der Waals surface area contributed by atoms with E-state index in [4.69, 9.17) is 20.8 Å². The second-order valence-electron chi connectivity index (χ2n) is 6.85. The van der Waals surface area contributed by atoms with Crippen LogP contribution in [0.3, 0.4) is 0 Å². The van der Waals surface area contributed by atoms with Gasteiger partial charge in [0, 0.05) is 10.7 Å². The van der Waals surface area contributed by atoms with Crippen LogP contribution < -0.4 is 15.5 Å². The Morgan fingerprint density at radius 1 is 1.13 bits per heavy atom. The molecule has 0 aliphatic rings. The molecule has 31 heavy (non-hydrogen) atoms. The van der Waals surface area contributed by atoms with Crippen molar-refractivity contribution in [1.29, 1.82) is 0 Å². The summed E-state index contributed by atoms with van der Waals surface area (Å²) in [5, 5.41) is 7.48. The number of hydrogen-bond acceptors (Lipinski definition) is 5. The molecule has 2 amide bonds. The van der Waals surface area contributed by atoms with Crippen LogP contribution in [0.15, 0.2) is 70.4 Å². The average Bonchev–Trinajstić information content (AvgIpc) is 3.29. The lowest BCUT2D eigenvalue weighted by Crippen LogP contribution is -2.34. The third kappa shape index (κ3) is 5.96. The Bertz CT molecular complexity index is 1090. The van der Waals surface area contributed by atoms with Gasteiger partial charge in [0.2, 0.25) is 0 Å². The molecule has 0 aliphatic heterocycles. The number of rotatable bonds is 7. The number of anilines is 1. The molecule has 160 valence electrons. The Kier molecular flexibility index (Phi) is 7.10. The summed E-state index contributed by atoms with van der Waals surface area (Å²) in [4.78, 5) is 24.3. The summed E-state index contributed by atoms with van der Waals surface area (Å²) >= 11 is 5.94. The van der Waals surface area contributed by atoms with Crippen LogP contribution in [0.5, 0.6) is 5.75 Å². The molecule has 1 aromatic heterocycles. The number of ether oxygens (including phenoxy) is 1. The van der Waals surface area contributed by atoms with Crippen molar-refractivity contribution < 1.29 is 18.7 Å². The summed E-state index contributed by atoms with van der Waals surface area (Å²) in [6.07, 6.45) is 0.699. The molecule has 0 fully saturated rings. The van der Waals surface area contributed by atoms with E-state index in [9.17, 15) is 9.59 Å². The third-order valence-corrected chi connectivity index (χ3v) is 4.68. The number of benzene rings is 2. The first-order valence-electron chi connectivity index (χ1n) is 9.55. The van der Waals surface area contributed by atoms with Gasteiger partial charge in [-0.3, -0.25) is 9.59 Å². The van der Waals surface area contributed by atoms with Gasteiger partial charge in [-0.15, -0.1) is 0 Å². The molecule has 2 N–H and O–H groups in total. The lowest BCUT2D eigenvalue weighted by atomic mass is 10.1. The number of carbonyl (C=O) groups is 2. The van der Waals surface area contributed by atoms with Gasteiger partial charge in [0.15, 0.2) is 11.9 Å². The maximum absolute atomic E-state index is 12.3. The maximum atomic E-state index is 12.3. The molecule has 1 unspecified atom stereocenters. The highest BCUT2D eigenvalue weighted by molar-refractivity contribution is 6.30. The standard InChI is InChI=1S/C23H22ClN3O4/c1-14-13-18(24)8-11-20(14)31-16(3)22(28)27-26-15(2)17-6-9-19(10-7-17)25-23(29)21-5-4-12-30-21/h4-13,16H,1-3H3,(H,25,29)(H,27,28). The molecule has 0 saturated heterocycles. The van der Waals surface area contributed by atoms with Crippen molar-refractivity contribution in [3.63, 3.8) is 0 Å². The van der Waals surface area contributed by atoms with E-state index in [0.717, 1.165) is 11.1 Å². The van der Waals surface area contributed by atoms with Gasteiger partial charge >= 0.3 is 0 Å². The molecule has 3 aromatic rings. The minimum Gasteiger partial charge on any atom is -0.481 e. The van der Waals surface area contributed by atoms with E-state index in [1.54, 1.807) is 68.4 Å². The summed E-state index contributed by atoms with van der Waals surface area (Å²) < 4.78 is 10.8. The minimum absolute atomic E-state index is 0.231. The molecule has 2 aromatic carbocycles. The molecule has 8 heteroatoms. The first-order chi connectivity index (χ1) is 14.8. The first-order valence-corrected chi connectivity index (χ1v) is 9.93. The van der Waals surface area contributed by atoms with Crippen molar-refractivity contribution in [2.45, 2.75) is 26.9 Å². The first kappa shape index (κ1) is 22.1. The van der Waals surface area contributed by atoms with Crippen LogP contribution in [-0.4, -0.2) is 23.6 Å². The molecule has 3 rings (SSSR count). The highest BCUT2D eigenvalue weighted by Gasteiger charge is 2.15. The fourth-order valence-corrected chi connectivity index (χ4v) is 2.91. The number of amides is 2. The number of nitrogens with one attached hydrogen (secondary N) is 2. The summed E-state index contributed by atoms with van der Waals surface area (Å²) in [6, 6.07) is 15.5. The van der Waals surface area contributed by atoms with Crippen molar-refractivity contribution in [1.82, 2.24) is 5.43 Å². The van der Waals surface area contributed by atoms with Crippen LogP contribution in [0.25, 0.3) is 0 Å². The van der Waals surface area contributed by atoms with E-state index >= 15 is 0 Å². The summed E-state index contributed by atoms with van der Waals surface area (Å²) in [5.41, 5.74) is 5.36. The Labute approximate surface area is 185 Å². The minimum atomic E-state index is -0.740. The lowest BCUT2D eigenvalue weighted by molar-refractivity contribution is -0.127. The zero-order valence-electron chi connectivity index (χ0n) is 17.3. The van der Waals surface area contributed by atoms with Crippen LogP contribution in [0.1, 0.15) is 35.5 Å². The second-order valence-corrected chi connectivity index (χ2v) is 7.29. The van der Waals surface area contributed by atoms with Crippen LogP contribution in [0.4, 0.5) is 5.69 Å². The van der Waals surface area contributed by atoms with Crippen LogP contribution in [0, 0.1) is 6.92 Å². The fourth-order valence-electron chi connectivity index (χ4n) is 2.68. The highest BCUT2D eigenvalue weighted by Crippen LogP contribution is 2.22. The van der Waals surface area contributed by atoms with Crippen molar-refractivity contribution in [3.05, 3.63) is 82.8 Å². The van der Waals surface area contributed by atoms with Crippen molar-refractivity contribution in [2.24, 2.45) is 5.10 Å². The Morgan fingerprint density at radius 3 is 2.52 bits per heavy atom. The van der Waals surface area contributed by atoms with E-state index in [1.807, 2.05) is 6.92 Å². The topological polar surface area (TPSA) is 92.9 Å². The monoisotopic (exact) mass is 439 g/mol. The largest absolute Gasteiger partial charge is 0.481 e. The predicted octanol–water partition coefficient (Wildman–Crippen LogP) is 4.80. The van der Waals surface area contributed by atoms with Gasteiger partial charge in [-0.25, -0.2) is 5.43 Å². The predicted molar refractivity (Wildman–Crippen MR) is 120 cm³/mol. The van der Waals surface area contributed by atoms with Gasteiger partial charge < -0.3 is 14.5 Å². The maximum Gasteiger partial charge on any atom is 0.291 e. The molecule has 0 spiro atoms. The van der Waals surface area contributed by atoms with E-state index < -0.39 is 6.10 Å². The van der Waals surface area contributed by atoms with Gasteiger partial charge in [-0.05, 0) is 74.4 Å². The van der Waals surface area contributed by atoms with Gasteiger partial charge in [-0.2, -0.15) is 5.10 Å². The summed E-state index contributed by atoms with van der Waals surface area (Å²) in [5.74, 6) is 0.103. The van der Waals surface area contributed by atoms with Crippen LogP contribution >= 0.6 is 11.6 Å². The normalized spacial score (nSPS) is 12.2. The summed E-state index contributed by atoms with van der Waals surface area (Å²) in [6.45, 7) is 5.27. The van der Waals surface area contributed by atoms with Gasteiger partial charge in [0.25, 0.3) is 11.8 Å². The van der Waals surface area contributed by atoms with Crippen molar-refractivity contribution >= 4 is 34.8 Å². The van der Waals surface area contributed by atoms with Crippen molar-refractivity contribution in [2.75, 3.05) is 5.32 Å². The average molecular weight is 440 g/mol. The molecule has 7 nitrogen and oxygen atoms in total. The van der Waals surface area contributed by atoms with Crippen molar-refractivity contribution in [3.8, 4) is 5.75 Å². The molecular formula is C23H22ClN3O4. The number of hydrogen-bond donors (Lipinski definition) is 2. The number of nitrogens with zero attached hydrogens (tertiary/aromatic N) is 1. The SMILES string of the molecule is CC(=NNC(=O)C(C)Oc1ccc(Cl)cc1C)c1ccc(NC(=O)c2ccco2)cc1. The molecule has 0 aliphatic carbocycles. The number of aryl methyl sites for hydroxylation is 1. The molecule has 0 radical (unpaired) electrons. The Morgan fingerprint density at radius 2 is 1.87 bits per heavy atom. The smallest absolute Gasteiger partial charge is 0.291 e. The zero-order chi connectivity index (χ0) is 22.4. The lowest BCUT2D eigenvalue weighted by Gasteiger charge is -2.15. The molecule has 1 atom stereocenters. The Balaban J connectivity index is 1.56. The Hall–Kier alpha value is -3.58. The van der Waals surface area contributed by atoms with Crippen LogP contribution in [-0.2, 0) is 4.79 Å². The molecule has 0 saturated carbocycles. The van der Waals surface area contributed by atoms with Crippen LogP contribution in [0.2, 0.25) is 5.02 Å². The van der Waals surface area contributed by atoms with E-state index in [-0.39, 0.29) is 17.6 Å². The van der Waals surface area contributed by atoms with E-state index in [1.165, 1.54) is 6.26 Å². The van der Waals surface area contributed by atoms with Gasteiger partial charge in [0.1, 0.15) is 5.75 Å². The quantitative estimate of drug-likeness (QED) is 0.408. The fraction of sp³-hybridized carbons (Fsp3) is 0.174. The van der Waals surface area contributed by atoms with Gasteiger partial charge in [0.05, 0.1) is 12.0 Å². The molecular weight excluding hydrogens is 418 g/mol. The number of hydrazone groups is 1. The molecule has 0 bridgehead atoms. The number of halogens is 1. The highest BCUT2D eigenvalue weighted by atomic mass is 35.5. The van der Waals surface area contributed by atoms with E-state index in [2.05, 4.69) is 15.8 Å². The second kappa shape index (κ2) is 9.95.